The summed E-state index contributed by atoms with van der Waals surface area (Å²) < 4.78 is 6.82. The van der Waals surface area contributed by atoms with E-state index in [4.69, 9.17) is 15.3 Å². The molecule has 3 rings (SSSR count). The Labute approximate surface area is 106 Å². The summed E-state index contributed by atoms with van der Waals surface area (Å²) in [5.41, 5.74) is 0.811. The second-order valence-electron chi connectivity index (χ2n) is 4.33. The number of aliphatic hydroxyl groups excluding tert-OH is 3. The molecule has 1 aliphatic rings. The Hall–Kier alpha value is -1.81. The first-order valence-electron chi connectivity index (χ1n) is 5.70. The summed E-state index contributed by atoms with van der Waals surface area (Å²) >= 11 is 0. The average Bonchev–Trinajstić information content (AvgIpc) is 2.99. The van der Waals surface area contributed by atoms with Crippen LogP contribution < -0.4 is 5.49 Å². The molecule has 1 saturated heterocycles. The topological polar surface area (TPSA) is 140 Å². The highest BCUT2D eigenvalue weighted by Crippen LogP contribution is 2.30. The molecule has 19 heavy (non-hydrogen) atoms. The first-order valence-corrected chi connectivity index (χ1v) is 5.70. The van der Waals surface area contributed by atoms with Crippen molar-refractivity contribution in [3.8, 4) is 0 Å². The van der Waals surface area contributed by atoms with Crippen LogP contribution in [0.15, 0.2) is 12.7 Å². The van der Waals surface area contributed by atoms with E-state index < -0.39 is 31.1 Å². The molecule has 2 aromatic heterocycles. The van der Waals surface area contributed by atoms with Gasteiger partial charge in [-0.1, -0.05) is 0 Å². The molecule has 0 spiro atoms. The summed E-state index contributed by atoms with van der Waals surface area (Å²) in [6, 6.07) is 0. The summed E-state index contributed by atoms with van der Waals surface area (Å²) in [7, 11) is 0. The number of ether oxygens (including phenoxy) is 1. The normalized spacial score (nSPS) is 31.1. The van der Waals surface area contributed by atoms with Gasteiger partial charge < -0.3 is 25.0 Å². The maximum absolute atomic E-state index is 9.96. The van der Waals surface area contributed by atoms with Crippen LogP contribution in [0.2, 0.25) is 0 Å². The summed E-state index contributed by atoms with van der Waals surface area (Å²) in [5, 5.41) is 36.4. The standard InChI is InChI=1S/C10H13N5O4/c11-8-5-9(13-2-12-5)15(3-14-8)10-7(18)6(17)4(1-16)19-10/h2-4,6-7,10-11,16-18H,1H2,(H,12,13)/t4-,6+,7-,10?/m1/s1. The van der Waals surface area contributed by atoms with Gasteiger partial charge >= 0.3 is 0 Å². The van der Waals surface area contributed by atoms with E-state index in [9.17, 15) is 10.2 Å². The first kappa shape index (κ1) is 12.2. The van der Waals surface area contributed by atoms with Crippen LogP contribution in [-0.2, 0) is 4.74 Å². The van der Waals surface area contributed by atoms with E-state index in [1.54, 1.807) is 0 Å². The fourth-order valence-corrected chi connectivity index (χ4v) is 2.19. The molecule has 0 bridgehead atoms. The van der Waals surface area contributed by atoms with Crippen molar-refractivity contribution < 1.29 is 20.1 Å². The zero-order valence-corrected chi connectivity index (χ0v) is 9.76. The Bertz CT molecular complexity index is 653. The Morgan fingerprint density at radius 1 is 1.37 bits per heavy atom. The SMILES string of the molecule is N=c1ncn(C2O[C@H](CO)[C@H](O)[C@H]2O)c2nc[nH]c12. The zero-order valence-electron chi connectivity index (χ0n) is 9.76. The van der Waals surface area contributed by atoms with Gasteiger partial charge in [0.25, 0.3) is 0 Å². The Morgan fingerprint density at radius 2 is 2.16 bits per heavy atom. The van der Waals surface area contributed by atoms with E-state index in [0.29, 0.717) is 11.2 Å². The number of nitrogens with one attached hydrogen (secondary N) is 2. The van der Waals surface area contributed by atoms with Crippen molar-refractivity contribution >= 4 is 11.2 Å². The molecule has 5 N–H and O–H groups in total. The smallest absolute Gasteiger partial charge is 0.173 e. The van der Waals surface area contributed by atoms with Gasteiger partial charge in [-0.2, -0.15) is 0 Å². The fourth-order valence-electron chi connectivity index (χ4n) is 2.19. The van der Waals surface area contributed by atoms with E-state index in [1.165, 1.54) is 17.2 Å². The monoisotopic (exact) mass is 267 g/mol. The number of H-pyrrole nitrogens is 1. The number of nitrogens with zero attached hydrogens (tertiary/aromatic N) is 3. The van der Waals surface area contributed by atoms with Crippen molar-refractivity contribution in [3.63, 3.8) is 0 Å². The predicted octanol–water partition coefficient (Wildman–Crippen LogP) is -2.15. The molecular weight excluding hydrogens is 254 g/mol. The van der Waals surface area contributed by atoms with Crippen molar-refractivity contribution in [2.24, 2.45) is 0 Å². The van der Waals surface area contributed by atoms with Crippen molar-refractivity contribution in [3.05, 3.63) is 18.1 Å². The number of rotatable bonds is 2. The summed E-state index contributed by atoms with van der Waals surface area (Å²) in [6.07, 6.45) is -1.45. The molecule has 1 fully saturated rings. The molecule has 0 aliphatic carbocycles. The lowest BCUT2D eigenvalue weighted by Gasteiger charge is -2.18. The number of aliphatic hydroxyl groups is 3. The van der Waals surface area contributed by atoms with Gasteiger partial charge in [-0.25, -0.2) is 9.97 Å². The van der Waals surface area contributed by atoms with E-state index in [2.05, 4.69) is 15.0 Å². The van der Waals surface area contributed by atoms with Crippen molar-refractivity contribution in [1.82, 2.24) is 19.5 Å². The number of hydrogen-bond donors (Lipinski definition) is 5. The van der Waals surface area contributed by atoms with Crippen LogP contribution in [-0.4, -0.2) is 59.8 Å². The summed E-state index contributed by atoms with van der Waals surface area (Å²) in [5.74, 6) is 0. The number of aromatic amines is 1. The molecule has 0 radical (unpaired) electrons. The van der Waals surface area contributed by atoms with Gasteiger partial charge in [0.05, 0.1) is 12.9 Å². The third kappa shape index (κ3) is 1.75. The quantitative estimate of drug-likeness (QED) is 0.420. The highest BCUT2D eigenvalue weighted by atomic mass is 16.6. The van der Waals surface area contributed by atoms with E-state index >= 15 is 0 Å². The highest BCUT2D eigenvalue weighted by molar-refractivity contribution is 5.68. The number of hydrogen-bond acceptors (Lipinski definition) is 7. The minimum Gasteiger partial charge on any atom is -0.394 e. The van der Waals surface area contributed by atoms with Gasteiger partial charge in [-0.3, -0.25) is 9.98 Å². The lowest BCUT2D eigenvalue weighted by molar-refractivity contribution is -0.0515. The molecule has 3 heterocycles. The van der Waals surface area contributed by atoms with Crippen LogP contribution in [0.25, 0.3) is 11.2 Å². The lowest BCUT2D eigenvalue weighted by atomic mass is 10.1. The van der Waals surface area contributed by atoms with Gasteiger partial charge in [0.1, 0.15) is 30.2 Å². The van der Waals surface area contributed by atoms with Crippen molar-refractivity contribution in [2.75, 3.05) is 6.61 Å². The zero-order chi connectivity index (χ0) is 13.6. The van der Waals surface area contributed by atoms with Crippen LogP contribution in [0.4, 0.5) is 0 Å². The van der Waals surface area contributed by atoms with Gasteiger partial charge in [0.2, 0.25) is 0 Å². The number of fused-ring (bicyclic) bond motifs is 1. The average molecular weight is 267 g/mol. The molecule has 1 unspecified atom stereocenters. The maximum Gasteiger partial charge on any atom is 0.173 e. The first-order chi connectivity index (χ1) is 9.13. The Kier molecular flexibility index (Phi) is 2.82. The van der Waals surface area contributed by atoms with Crippen LogP contribution in [0.3, 0.4) is 0 Å². The van der Waals surface area contributed by atoms with Crippen LogP contribution in [0.1, 0.15) is 6.23 Å². The third-order valence-electron chi connectivity index (χ3n) is 3.20. The molecule has 2 aromatic rings. The minimum absolute atomic E-state index is 0.0236. The largest absolute Gasteiger partial charge is 0.394 e. The number of aromatic nitrogens is 4. The van der Waals surface area contributed by atoms with E-state index in [1.807, 2.05) is 0 Å². The number of imidazole rings is 1. The molecule has 0 saturated carbocycles. The maximum atomic E-state index is 9.96. The molecule has 9 heteroatoms. The third-order valence-corrected chi connectivity index (χ3v) is 3.20. The molecule has 9 nitrogen and oxygen atoms in total. The summed E-state index contributed by atoms with van der Waals surface area (Å²) in [6.45, 7) is -0.400. The summed E-state index contributed by atoms with van der Waals surface area (Å²) in [4.78, 5) is 10.7. The highest BCUT2D eigenvalue weighted by Gasteiger charge is 2.43. The van der Waals surface area contributed by atoms with Crippen LogP contribution in [0.5, 0.6) is 0 Å². The second kappa shape index (κ2) is 4.38. The van der Waals surface area contributed by atoms with Crippen molar-refractivity contribution in [2.45, 2.75) is 24.5 Å². The molecular formula is C10H13N5O4. The lowest BCUT2D eigenvalue weighted by Crippen LogP contribution is -2.33. The Balaban J connectivity index is 2.08. The van der Waals surface area contributed by atoms with Gasteiger partial charge in [-0.15, -0.1) is 0 Å². The van der Waals surface area contributed by atoms with Crippen LogP contribution >= 0.6 is 0 Å². The van der Waals surface area contributed by atoms with E-state index in [0.717, 1.165) is 0 Å². The van der Waals surface area contributed by atoms with E-state index in [-0.39, 0.29) is 5.49 Å². The molecule has 0 aromatic carbocycles. The molecule has 0 amide bonds. The van der Waals surface area contributed by atoms with Crippen LogP contribution in [0, 0.1) is 5.41 Å². The Morgan fingerprint density at radius 3 is 2.84 bits per heavy atom. The van der Waals surface area contributed by atoms with Gasteiger partial charge in [0.15, 0.2) is 17.4 Å². The fraction of sp³-hybridized carbons (Fsp3) is 0.500. The second-order valence-corrected chi connectivity index (χ2v) is 4.33. The predicted molar refractivity (Wildman–Crippen MR) is 60.7 cm³/mol. The minimum atomic E-state index is -1.21. The molecule has 1 aliphatic heterocycles. The van der Waals surface area contributed by atoms with Gasteiger partial charge in [0, 0.05) is 0 Å². The van der Waals surface area contributed by atoms with Gasteiger partial charge in [-0.05, 0) is 0 Å². The van der Waals surface area contributed by atoms with Crippen molar-refractivity contribution in [1.29, 1.82) is 5.41 Å². The molecule has 102 valence electrons. The molecule has 4 atom stereocenters.